The van der Waals surface area contributed by atoms with Gasteiger partial charge in [-0.3, -0.25) is 0 Å². The molecule has 2 heteroatoms. The van der Waals surface area contributed by atoms with Gasteiger partial charge in [-0.25, -0.2) is 0 Å². The molecule has 0 heterocycles. The second kappa shape index (κ2) is 2.16. The average molecular weight is 88.2 g/mol. The van der Waals surface area contributed by atoms with Crippen molar-refractivity contribution in [1.29, 1.82) is 0 Å². The van der Waals surface area contributed by atoms with E-state index in [1.54, 1.807) is 0 Å². The van der Waals surface area contributed by atoms with Gasteiger partial charge >= 0.3 is 0 Å². The van der Waals surface area contributed by atoms with E-state index in [9.17, 15) is 0 Å². The van der Waals surface area contributed by atoms with E-state index in [2.05, 4.69) is 0 Å². The predicted molar refractivity (Wildman–Crippen MR) is 27.3 cm³/mol. The van der Waals surface area contributed by atoms with Crippen LogP contribution in [0.2, 0.25) is 0 Å². The monoisotopic (exact) mass is 88.1 g/mol. The first kappa shape index (κ1) is 5.92. The van der Waals surface area contributed by atoms with Gasteiger partial charge in [-0.1, -0.05) is 0 Å². The highest BCUT2D eigenvalue weighted by molar-refractivity contribution is 4.63. The van der Waals surface area contributed by atoms with Gasteiger partial charge in [0.15, 0.2) is 0 Å². The molecule has 38 valence electrons. The van der Waals surface area contributed by atoms with Crippen molar-refractivity contribution in [3.63, 3.8) is 0 Å². The van der Waals surface area contributed by atoms with Crippen LogP contribution in [0.1, 0.15) is 13.8 Å². The van der Waals surface area contributed by atoms with Crippen LogP contribution in [0.15, 0.2) is 0 Å². The molecule has 4 N–H and O–H groups in total. The van der Waals surface area contributed by atoms with Crippen LogP contribution >= 0.6 is 0 Å². The lowest BCUT2D eigenvalue weighted by atomic mass is 10.2. The Kier molecular flexibility index (Phi) is 2.13. The Labute approximate surface area is 38.5 Å². The maximum atomic E-state index is 5.31. The van der Waals surface area contributed by atoms with Crippen LogP contribution < -0.4 is 11.5 Å². The van der Waals surface area contributed by atoms with E-state index < -0.39 is 0 Å². The third-order valence-corrected chi connectivity index (χ3v) is 0.829. The number of nitrogens with two attached hydrogens (primary N) is 2. The molecule has 0 saturated heterocycles. The molecule has 0 unspecified atom stereocenters. The summed E-state index contributed by atoms with van der Waals surface area (Å²) in [6.45, 7) is 3.79. The molecule has 2 atom stereocenters. The zero-order chi connectivity index (χ0) is 5.15. The van der Waals surface area contributed by atoms with Crippen molar-refractivity contribution in [2.45, 2.75) is 25.9 Å². The molecule has 0 aromatic carbocycles. The van der Waals surface area contributed by atoms with Gasteiger partial charge in [0.2, 0.25) is 0 Å². The zero-order valence-electron chi connectivity index (χ0n) is 4.31. The minimum atomic E-state index is 0.130. The first-order valence-electron chi connectivity index (χ1n) is 2.15. The Bertz CT molecular complexity index is 26.5. The largest absolute Gasteiger partial charge is 0.327 e. The fraction of sp³-hybridized carbons (Fsp3) is 1.00. The molecule has 0 aliphatic rings. The van der Waals surface area contributed by atoms with E-state index in [1.165, 1.54) is 0 Å². The molecule has 0 bridgehead atoms. The molecule has 0 spiro atoms. The van der Waals surface area contributed by atoms with Gasteiger partial charge in [0, 0.05) is 12.1 Å². The summed E-state index contributed by atoms with van der Waals surface area (Å²) in [4.78, 5) is 0. The Morgan fingerprint density at radius 3 is 1.17 bits per heavy atom. The average Bonchev–Trinajstić information content (AvgIpc) is 1.36. The minimum absolute atomic E-state index is 0.130. The smallest absolute Gasteiger partial charge is 0.0160 e. The van der Waals surface area contributed by atoms with E-state index in [-0.39, 0.29) is 12.1 Å². The molecule has 0 aliphatic carbocycles. The van der Waals surface area contributed by atoms with E-state index in [0.29, 0.717) is 0 Å². The highest BCUT2D eigenvalue weighted by Crippen LogP contribution is 1.77. The third-order valence-electron chi connectivity index (χ3n) is 0.829. The molecular weight excluding hydrogens is 76.1 g/mol. The van der Waals surface area contributed by atoms with Crippen molar-refractivity contribution in [2.75, 3.05) is 0 Å². The van der Waals surface area contributed by atoms with Gasteiger partial charge in [0.1, 0.15) is 0 Å². The van der Waals surface area contributed by atoms with Crippen molar-refractivity contribution >= 4 is 0 Å². The lowest BCUT2D eigenvalue weighted by Gasteiger charge is -2.06. The van der Waals surface area contributed by atoms with Crippen LogP contribution in [0.5, 0.6) is 0 Å². The fourth-order valence-corrected chi connectivity index (χ4v) is 0. The van der Waals surface area contributed by atoms with Gasteiger partial charge in [-0.2, -0.15) is 0 Å². The second-order valence-electron chi connectivity index (χ2n) is 1.72. The third kappa shape index (κ3) is 2.18. The Hall–Kier alpha value is -0.0800. The van der Waals surface area contributed by atoms with E-state index in [4.69, 9.17) is 11.5 Å². The van der Waals surface area contributed by atoms with Crippen molar-refractivity contribution in [2.24, 2.45) is 11.5 Å². The lowest BCUT2D eigenvalue weighted by molar-refractivity contribution is 0.603. The molecule has 2 nitrogen and oxygen atoms in total. The number of hydrogen-bond donors (Lipinski definition) is 2. The maximum Gasteiger partial charge on any atom is 0.0160 e. The van der Waals surface area contributed by atoms with Crippen LogP contribution in [0.3, 0.4) is 0 Å². The van der Waals surface area contributed by atoms with Crippen LogP contribution in [0.25, 0.3) is 0 Å². The summed E-state index contributed by atoms with van der Waals surface area (Å²) >= 11 is 0. The molecule has 0 aromatic heterocycles. The molecule has 0 aromatic rings. The highest BCUT2D eigenvalue weighted by atomic mass is 14.7. The summed E-state index contributed by atoms with van der Waals surface area (Å²) in [6, 6.07) is 0.259. The molecule has 6 heavy (non-hydrogen) atoms. The van der Waals surface area contributed by atoms with Crippen molar-refractivity contribution < 1.29 is 0 Å². The van der Waals surface area contributed by atoms with Crippen LogP contribution in [0, 0.1) is 0 Å². The zero-order valence-corrected chi connectivity index (χ0v) is 4.31. The number of rotatable bonds is 1. The minimum Gasteiger partial charge on any atom is -0.327 e. The fourth-order valence-electron chi connectivity index (χ4n) is 0. The molecule has 0 amide bonds. The Morgan fingerprint density at radius 1 is 1.00 bits per heavy atom. The normalized spacial score (nSPS) is 20.0. The van der Waals surface area contributed by atoms with Gasteiger partial charge in [0.25, 0.3) is 0 Å². The highest BCUT2D eigenvalue weighted by Gasteiger charge is 1.96. The molecule has 0 aliphatic heterocycles. The van der Waals surface area contributed by atoms with Crippen LogP contribution in [-0.2, 0) is 0 Å². The van der Waals surface area contributed by atoms with Crippen LogP contribution in [0.4, 0.5) is 0 Å². The Balaban J connectivity index is 2.99. The molecule has 0 rings (SSSR count). The standard InChI is InChI=1S/C4H12N2/c1-3(5)4(2)6/h3-4H,5-6H2,1-2H3/t3-,4-/m0/s1. The first-order valence-corrected chi connectivity index (χ1v) is 2.15. The summed E-state index contributed by atoms with van der Waals surface area (Å²) < 4.78 is 0. The maximum absolute atomic E-state index is 5.31. The molecule has 0 fully saturated rings. The van der Waals surface area contributed by atoms with Crippen LogP contribution in [-0.4, -0.2) is 12.1 Å². The second-order valence-corrected chi connectivity index (χ2v) is 1.72. The SMILES string of the molecule is C[C@H](N)[C@H](C)N. The quantitative estimate of drug-likeness (QED) is 0.461. The van der Waals surface area contributed by atoms with Crippen molar-refractivity contribution in [3.05, 3.63) is 0 Å². The van der Waals surface area contributed by atoms with Crippen molar-refractivity contribution in [1.82, 2.24) is 0 Å². The molecular formula is C4H12N2. The Morgan fingerprint density at radius 2 is 1.17 bits per heavy atom. The summed E-state index contributed by atoms with van der Waals surface area (Å²) in [5, 5.41) is 0. The number of hydrogen-bond acceptors (Lipinski definition) is 2. The molecule has 0 saturated carbocycles. The van der Waals surface area contributed by atoms with E-state index in [1.807, 2.05) is 13.8 Å². The first-order chi connectivity index (χ1) is 2.64. The van der Waals surface area contributed by atoms with Gasteiger partial charge in [0.05, 0.1) is 0 Å². The topological polar surface area (TPSA) is 52.0 Å². The summed E-state index contributed by atoms with van der Waals surface area (Å²) in [7, 11) is 0. The summed E-state index contributed by atoms with van der Waals surface area (Å²) in [5.41, 5.74) is 10.6. The van der Waals surface area contributed by atoms with E-state index in [0.717, 1.165) is 0 Å². The summed E-state index contributed by atoms with van der Waals surface area (Å²) in [6.07, 6.45) is 0. The van der Waals surface area contributed by atoms with E-state index >= 15 is 0 Å². The van der Waals surface area contributed by atoms with Crippen molar-refractivity contribution in [3.8, 4) is 0 Å². The molecule has 0 radical (unpaired) electrons. The predicted octanol–water partition coefficient (Wildman–Crippen LogP) is -0.319. The summed E-state index contributed by atoms with van der Waals surface area (Å²) in [5.74, 6) is 0. The van der Waals surface area contributed by atoms with Gasteiger partial charge < -0.3 is 11.5 Å². The van der Waals surface area contributed by atoms with Gasteiger partial charge in [-0.15, -0.1) is 0 Å². The van der Waals surface area contributed by atoms with Gasteiger partial charge in [-0.05, 0) is 13.8 Å². The lowest BCUT2D eigenvalue weighted by Crippen LogP contribution is -2.35.